The quantitative estimate of drug-likeness (QED) is 0.886. The van der Waals surface area contributed by atoms with Gasteiger partial charge in [-0.2, -0.15) is 0 Å². The van der Waals surface area contributed by atoms with E-state index in [0.29, 0.717) is 5.02 Å². The summed E-state index contributed by atoms with van der Waals surface area (Å²) in [7, 11) is 0. The van der Waals surface area contributed by atoms with E-state index >= 15 is 0 Å². The van der Waals surface area contributed by atoms with Crippen LogP contribution in [0.15, 0.2) is 24.3 Å². The number of rotatable bonds is 3. The molecular weight excluding hydrogens is 254 g/mol. The minimum absolute atomic E-state index is 0.273. The van der Waals surface area contributed by atoms with E-state index in [-0.39, 0.29) is 5.56 Å². The van der Waals surface area contributed by atoms with Crippen LogP contribution in [0.25, 0.3) is 0 Å². The first-order chi connectivity index (χ1) is 8.23. The van der Waals surface area contributed by atoms with E-state index < -0.39 is 23.3 Å². The standard InChI is InChI=1S/C13H16ClNO3/c1-13(2,3)10(12(17)18)15-11(16)8-6-4-5-7-9(8)14/h4-7,10H,1-3H3,(H,15,16)(H,17,18). The van der Waals surface area contributed by atoms with Crippen LogP contribution in [0.5, 0.6) is 0 Å². The maximum atomic E-state index is 12.0. The molecule has 1 rings (SSSR count). The molecule has 0 aromatic heterocycles. The number of amides is 1. The summed E-state index contributed by atoms with van der Waals surface area (Å²) in [5.74, 6) is -1.55. The molecule has 1 aromatic rings. The molecule has 18 heavy (non-hydrogen) atoms. The number of hydrogen-bond acceptors (Lipinski definition) is 2. The predicted molar refractivity (Wildman–Crippen MR) is 69.8 cm³/mol. The second-order valence-corrected chi connectivity index (χ2v) is 5.50. The zero-order valence-electron chi connectivity index (χ0n) is 10.5. The van der Waals surface area contributed by atoms with Crippen LogP contribution in [0.4, 0.5) is 0 Å². The Kier molecular flexibility index (Phi) is 4.35. The number of carboxylic acid groups (broad SMARTS) is 1. The minimum Gasteiger partial charge on any atom is -0.480 e. The molecule has 1 unspecified atom stereocenters. The van der Waals surface area contributed by atoms with Crippen molar-refractivity contribution >= 4 is 23.5 Å². The van der Waals surface area contributed by atoms with Gasteiger partial charge in [0.25, 0.3) is 5.91 Å². The van der Waals surface area contributed by atoms with Crippen molar-refractivity contribution in [2.75, 3.05) is 0 Å². The smallest absolute Gasteiger partial charge is 0.326 e. The van der Waals surface area contributed by atoms with Crippen molar-refractivity contribution < 1.29 is 14.7 Å². The fraction of sp³-hybridized carbons (Fsp3) is 0.385. The molecule has 0 aliphatic rings. The fourth-order valence-electron chi connectivity index (χ4n) is 1.50. The Labute approximate surface area is 111 Å². The van der Waals surface area contributed by atoms with Gasteiger partial charge in [-0.3, -0.25) is 4.79 Å². The van der Waals surface area contributed by atoms with E-state index in [9.17, 15) is 9.59 Å². The summed E-state index contributed by atoms with van der Waals surface area (Å²) < 4.78 is 0. The Morgan fingerprint density at radius 2 is 1.83 bits per heavy atom. The highest BCUT2D eigenvalue weighted by atomic mass is 35.5. The molecule has 0 bridgehead atoms. The number of benzene rings is 1. The van der Waals surface area contributed by atoms with Crippen molar-refractivity contribution in [3.8, 4) is 0 Å². The highest BCUT2D eigenvalue weighted by molar-refractivity contribution is 6.33. The lowest BCUT2D eigenvalue weighted by atomic mass is 9.86. The van der Waals surface area contributed by atoms with Crippen LogP contribution < -0.4 is 5.32 Å². The van der Waals surface area contributed by atoms with E-state index in [1.165, 1.54) is 0 Å². The number of aliphatic carboxylic acids is 1. The van der Waals surface area contributed by atoms with Gasteiger partial charge in [0.1, 0.15) is 6.04 Å². The first kappa shape index (κ1) is 14.5. The average Bonchev–Trinajstić information content (AvgIpc) is 2.24. The summed E-state index contributed by atoms with van der Waals surface area (Å²) in [5.41, 5.74) is -0.308. The summed E-state index contributed by atoms with van der Waals surface area (Å²) in [5, 5.41) is 11.9. The van der Waals surface area contributed by atoms with Gasteiger partial charge in [-0.15, -0.1) is 0 Å². The number of carbonyl (C=O) groups is 2. The van der Waals surface area contributed by atoms with Gasteiger partial charge in [-0.05, 0) is 17.5 Å². The lowest BCUT2D eigenvalue weighted by molar-refractivity contribution is -0.142. The molecule has 1 atom stereocenters. The van der Waals surface area contributed by atoms with Gasteiger partial charge < -0.3 is 10.4 Å². The summed E-state index contributed by atoms with van der Waals surface area (Å²) in [4.78, 5) is 23.1. The van der Waals surface area contributed by atoms with Crippen LogP contribution >= 0.6 is 11.6 Å². The molecular formula is C13H16ClNO3. The summed E-state index contributed by atoms with van der Waals surface area (Å²) in [6, 6.07) is 5.55. The second-order valence-electron chi connectivity index (χ2n) is 5.09. The van der Waals surface area contributed by atoms with Crippen LogP contribution in [-0.2, 0) is 4.79 Å². The Bertz CT molecular complexity index is 466. The van der Waals surface area contributed by atoms with E-state index in [2.05, 4.69) is 5.32 Å². The van der Waals surface area contributed by atoms with Crippen LogP contribution in [0.3, 0.4) is 0 Å². The van der Waals surface area contributed by atoms with Crippen LogP contribution in [0.1, 0.15) is 31.1 Å². The van der Waals surface area contributed by atoms with Crippen molar-refractivity contribution in [3.05, 3.63) is 34.9 Å². The first-order valence-electron chi connectivity index (χ1n) is 5.51. The van der Waals surface area contributed by atoms with Gasteiger partial charge in [-0.25, -0.2) is 4.79 Å². The number of halogens is 1. The molecule has 0 saturated carbocycles. The molecule has 98 valence electrons. The predicted octanol–water partition coefficient (Wildman–Crippen LogP) is 2.57. The fourth-order valence-corrected chi connectivity index (χ4v) is 1.72. The topological polar surface area (TPSA) is 66.4 Å². The third-order valence-corrected chi connectivity index (χ3v) is 2.84. The van der Waals surface area contributed by atoms with Gasteiger partial charge in [0, 0.05) is 0 Å². The van der Waals surface area contributed by atoms with E-state index in [0.717, 1.165) is 0 Å². The Morgan fingerprint density at radius 1 is 1.28 bits per heavy atom. The van der Waals surface area contributed by atoms with Gasteiger partial charge in [-0.1, -0.05) is 44.5 Å². The third-order valence-electron chi connectivity index (χ3n) is 2.51. The molecule has 4 nitrogen and oxygen atoms in total. The Hall–Kier alpha value is -1.55. The molecule has 0 fully saturated rings. The average molecular weight is 270 g/mol. The van der Waals surface area contributed by atoms with Crippen molar-refractivity contribution in [1.29, 1.82) is 0 Å². The molecule has 0 saturated heterocycles. The van der Waals surface area contributed by atoms with Gasteiger partial charge in [0.05, 0.1) is 10.6 Å². The lowest BCUT2D eigenvalue weighted by Crippen LogP contribution is -2.49. The van der Waals surface area contributed by atoms with E-state index in [1.54, 1.807) is 45.0 Å². The van der Waals surface area contributed by atoms with E-state index in [4.69, 9.17) is 16.7 Å². The molecule has 1 aromatic carbocycles. The van der Waals surface area contributed by atoms with Crippen LogP contribution in [0.2, 0.25) is 5.02 Å². The molecule has 0 heterocycles. The molecule has 0 aliphatic carbocycles. The SMILES string of the molecule is CC(C)(C)C(NC(=O)c1ccccc1Cl)C(=O)O. The van der Waals surface area contributed by atoms with E-state index in [1.807, 2.05) is 0 Å². The van der Waals surface area contributed by atoms with Crippen molar-refractivity contribution in [3.63, 3.8) is 0 Å². The van der Waals surface area contributed by atoms with Crippen LogP contribution in [-0.4, -0.2) is 23.0 Å². The summed E-state index contributed by atoms with van der Waals surface area (Å²) in [6.07, 6.45) is 0. The molecule has 0 aliphatic heterocycles. The third kappa shape index (κ3) is 3.47. The molecule has 0 radical (unpaired) electrons. The number of carboxylic acids is 1. The number of hydrogen-bond donors (Lipinski definition) is 2. The monoisotopic (exact) mass is 269 g/mol. The first-order valence-corrected chi connectivity index (χ1v) is 5.89. The van der Waals surface area contributed by atoms with Crippen molar-refractivity contribution in [2.24, 2.45) is 5.41 Å². The Balaban J connectivity index is 2.93. The largest absolute Gasteiger partial charge is 0.480 e. The van der Waals surface area contributed by atoms with Gasteiger partial charge >= 0.3 is 5.97 Å². The van der Waals surface area contributed by atoms with Crippen LogP contribution in [0, 0.1) is 5.41 Å². The molecule has 5 heteroatoms. The second kappa shape index (κ2) is 5.40. The van der Waals surface area contributed by atoms with Gasteiger partial charge in [0.2, 0.25) is 0 Å². The molecule has 0 spiro atoms. The lowest BCUT2D eigenvalue weighted by Gasteiger charge is -2.27. The highest BCUT2D eigenvalue weighted by Gasteiger charge is 2.33. The Morgan fingerprint density at radius 3 is 2.28 bits per heavy atom. The minimum atomic E-state index is -1.07. The zero-order valence-corrected chi connectivity index (χ0v) is 11.3. The maximum Gasteiger partial charge on any atom is 0.326 e. The molecule has 1 amide bonds. The number of carbonyl (C=O) groups excluding carboxylic acids is 1. The zero-order chi connectivity index (χ0) is 13.9. The molecule has 2 N–H and O–H groups in total. The maximum absolute atomic E-state index is 12.0. The van der Waals surface area contributed by atoms with Gasteiger partial charge in [0.15, 0.2) is 0 Å². The normalized spacial score (nSPS) is 12.9. The summed E-state index contributed by atoms with van der Waals surface area (Å²) >= 11 is 5.89. The summed E-state index contributed by atoms with van der Waals surface area (Å²) in [6.45, 7) is 5.25. The highest BCUT2D eigenvalue weighted by Crippen LogP contribution is 2.21. The van der Waals surface area contributed by atoms with Crippen molar-refractivity contribution in [2.45, 2.75) is 26.8 Å². The number of nitrogens with one attached hydrogen (secondary N) is 1. The van der Waals surface area contributed by atoms with Crippen molar-refractivity contribution in [1.82, 2.24) is 5.32 Å².